The zero-order valence-electron chi connectivity index (χ0n) is 12.3. The Morgan fingerprint density at radius 2 is 1.84 bits per heavy atom. The Hall–Kier alpha value is -1.51. The van der Waals surface area contributed by atoms with Crippen LogP contribution in [0.5, 0.6) is 0 Å². The predicted molar refractivity (Wildman–Crippen MR) is 81.4 cm³/mol. The van der Waals surface area contributed by atoms with Gasteiger partial charge in [0.15, 0.2) is 0 Å². The van der Waals surface area contributed by atoms with Crippen LogP contribution in [0.25, 0.3) is 0 Å². The van der Waals surface area contributed by atoms with E-state index in [0.29, 0.717) is 0 Å². The molecular formula is C16H26N2O. The Morgan fingerprint density at radius 1 is 1.16 bits per heavy atom. The van der Waals surface area contributed by atoms with Crippen molar-refractivity contribution in [3.63, 3.8) is 0 Å². The summed E-state index contributed by atoms with van der Waals surface area (Å²) in [6.45, 7) is 6.96. The minimum absolute atomic E-state index is 0.0654. The number of anilines is 1. The van der Waals surface area contributed by atoms with Gasteiger partial charge in [-0.1, -0.05) is 38.8 Å². The summed E-state index contributed by atoms with van der Waals surface area (Å²) in [6, 6.07) is 8.04. The Bertz CT molecular complexity index is 373. The summed E-state index contributed by atoms with van der Waals surface area (Å²) in [4.78, 5) is 11.9. The molecule has 0 aliphatic carbocycles. The highest BCUT2D eigenvalue weighted by molar-refractivity contribution is 5.84. The Morgan fingerprint density at radius 3 is 2.42 bits per heavy atom. The average molecular weight is 262 g/mol. The number of carbonyl (C=O) groups is 1. The topological polar surface area (TPSA) is 41.1 Å². The van der Waals surface area contributed by atoms with E-state index >= 15 is 0 Å². The number of carbonyl (C=O) groups excluding carboxylic acids is 1. The zero-order valence-corrected chi connectivity index (χ0v) is 12.3. The summed E-state index contributed by atoms with van der Waals surface area (Å²) >= 11 is 0. The molecule has 1 aromatic carbocycles. The van der Waals surface area contributed by atoms with Crippen LogP contribution >= 0.6 is 0 Å². The lowest BCUT2D eigenvalue weighted by Crippen LogP contribution is -2.38. The van der Waals surface area contributed by atoms with E-state index in [9.17, 15) is 4.79 Å². The van der Waals surface area contributed by atoms with E-state index in [0.717, 1.165) is 25.1 Å². The fraction of sp³-hybridized carbons (Fsp3) is 0.562. The van der Waals surface area contributed by atoms with Crippen LogP contribution in [0.4, 0.5) is 5.69 Å². The maximum atomic E-state index is 11.9. The van der Waals surface area contributed by atoms with Crippen LogP contribution in [-0.4, -0.2) is 18.5 Å². The molecule has 0 radical (unpaired) electrons. The van der Waals surface area contributed by atoms with Gasteiger partial charge >= 0.3 is 0 Å². The molecule has 0 aliphatic heterocycles. The maximum Gasteiger partial charge on any atom is 0.242 e. The molecule has 0 saturated carbocycles. The summed E-state index contributed by atoms with van der Waals surface area (Å²) in [5.74, 6) is 0.0654. The van der Waals surface area contributed by atoms with Crippen LogP contribution in [0.3, 0.4) is 0 Å². The molecule has 19 heavy (non-hydrogen) atoms. The monoisotopic (exact) mass is 262 g/mol. The number of nitrogens with one attached hydrogen (secondary N) is 2. The highest BCUT2D eigenvalue weighted by atomic mass is 16.2. The maximum absolute atomic E-state index is 11.9. The summed E-state index contributed by atoms with van der Waals surface area (Å²) in [5.41, 5.74) is 2.30. The minimum atomic E-state index is -0.200. The van der Waals surface area contributed by atoms with Crippen molar-refractivity contribution in [3.8, 4) is 0 Å². The first-order chi connectivity index (χ1) is 9.17. The van der Waals surface area contributed by atoms with Crippen molar-refractivity contribution < 1.29 is 4.79 Å². The van der Waals surface area contributed by atoms with Gasteiger partial charge < -0.3 is 10.6 Å². The van der Waals surface area contributed by atoms with Crippen LogP contribution in [0.1, 0.15) is 45.6 Å². The molecule has 0 aromatic heterocycles. The molecule has 0 aliphatic rings. The van der Waals surface area contributed by atoms with E-state index in [1.54, 1.807) is 0 Å². The normalized spacial score (nSPS) is 11.9. The Kier molecular flexibility index (Phi) is 7.01. The summed E-state index contributed by atoms with van der Waals surface area (Å²) < 4.78 is 0. The fourth-order valence-corrected chi connectivity index (χ4v) is 1.89. The van der Waals surface area contributed by atoms with Crippen molar-refractivity contribution >= 4 is 11.6 Å². The Labute approximate surface area is 116 Å². The number of amides is 1. The quantitative estimate of drug-likeness (QED) is 0.705. The second kappa shape index (κ2) is 8.57. The van der Waals surface area contributed by atoms with E-state index in [4.69, 9.17) is 0 Å². The van der Waals surface area contributed by atoms with Crippen molar-refractivity contribution in [1.82, 2.24) is 5.32 Å². The van der Waals surface area contributed by atoms with Crippen LogP contribution in [-0.2, 0) is 11.2 Å². The molecular weight excluding hydrogens is 236 g/mol. The van der Waals surface area contributed by atoms with Crippen molar-refractivity contribution in [1.29, 1.82) is 0 Å². The van der Waals surface area contributed by atoms with Crippen molar-refractivity contribution in [2.75, 3.05) is 11.9 Å². The summed E-state index contributed by atoms with van der Waals surface area (Å²) in [5, 5.41) is 6.18. The number of unbranched alkanes of at least 4 members (excludes halogenated alkanes) is 2. The first-order valence-electron chi connectivity index (χ1n) is 7.30. The number of hydrogen-bond donors (Lipinski definition) is 2. The first-order valence-corrected chi connectivity index (χ1v) is 7.30. The lowest BCUT2D eigenvalue weighted by Gasteiger charge is -2.15. The zero-order chi connectivity index (χ0) is 14.1. The van der Waals surface area contributed by atoms with Gasteiger partial charge in [0.2, 0.25) is 5.91 Å². The van der Waals surface area contributed by atoms with Crippen molar-refractivity contribution in [2.45, 2.75) is 52.5 Å². The van der Waals surface area contributed by atoms with Gasteiger partial charge in [0, 0.05) is 12.2 Å². The van der Waals surface area contributed by atoms with Gasteiger partial charge in [-0.15, -0.1) is 0 Å². The number of hydrogen-bond acceptors (Lipinski definition) is 2. The van der Waals surface area contributed by atoms with Crippen LogP contribution in [0.15, 0.2) is 24.3 Å². The van der Waals surface area contributed by atoms with E-state index in [-0.39, 0.29) is 11.9 Å². The molecule has 3 nitrogen and oxygen atoms in total. The molecule has 2 N–H and O–H groups in total. The van der Waals surface area contributed by atoms with Gasteiger partial charge in [-0.3, -0.25) is 4.79 Å². The smallest absolute Gasteiger partial charge is 0.242 e. The number of benzene rings is 1. The van der Waals surface area contributed by atoms with Gasteiger partial charge in [-0.05, 0) is 37.5 Å². The predicted octanol–water partition coefficient (Wildman–Crippen LogP) is 3.36. The third-order valence-electron chi connectivity index (χ3n) is 3.22. The molecule has 0 saturated heterocycles. The van der Waals surface area contributed by atoms with Crippen molar-refractivity contribution in [3.05, 3.63) is 29.8 Å². The van der Waals surface area contributed by atoms with Gasteiger partial charge in [0.25, 0.3) is 0 Å². The van der Waals surface area contributed by atoms with Gasteiger partial charge in [-0.25, -0.2) is 0 Å². The molecule has 3 heteroatoms. The molecule has 1 amide bonds. The summed E-state index contributed by atoms with van der Waals surface area (Å²) in [7, 11) is 0. The molecule has 0 unspecified atom stereocenters. The van der Waals surface area contributed by atoms with Gasteiger partial charge in [0.1, 0.15) is 6.04 Å². The summed E-state index contributed by atoms with van der Waals surface area (Å²) in [6.07, 6.45) is 4.43. The standard InChI is InChI=1S/C16H26N2O/c1-4-6-7-12-17-16(19)13(3)18-15-10-8-14(5-2)9-11-15/h8-11,13,18H,4-7,12H2,1-3H3,(H,17,19)/t13-/m0/s1. The van der Waals surface area contributed by atoms with E-state index in [1.807, 2.05) is 19.1 Å². The fourth-order valence-electron chi connectivity index (χ4n) is 1.89. The number of aryl methyl sites for hydroxylation is 1. The van der Waals surface area contributed by atoms with Crippen LogP contribution in [0.2, 0.25) is 0 Å². The molecule has 1 rings (SSSR count). The molecule has 106 valence electrons. The van der Waals surface area contributed by atoms with E-state index in [1.165, 1.54) is 18.4 Å². The van der Waals surface area contributed by atoms with Gasteiger partial charge in [0.05, 0.1) is 0 Å². The van der Waals surface area contributed by atoms with Gasteiger partial charge in [-0.2, -0.15) is 0 Å². The second-order valence-electron chi connectivity index (χ2n) is 4.91. The van der Waals surface area contributed by atoms with E-state index < -0.39 is 0 Å². The highest BCUT2D eigenvalue weighted by Crippen LogP contribution is 2.11. The first kappa shape index (κ1) is 15.5. The lowest BCUT2D eigenvalue weighted by atomic mass is 10.1. The molecule has 0 spiro atoms. The SMILES string of the molecule is CCCCCNC(=O)[C@H](C)Nc1ccc(CC)cc1. The van der Waals surface area contributed by atoms with Crippen LogP contribution in [0, 0.1) is 0 Å². The average Bonchev–Trinajstić information content (AvgIpc) is 2.44. The highest BCUT2D eigenvalue weighted by Gasteiger charge is 2.11. The molecule has 0 fully saturated rings. The van der Waals surface area contributed by atoms with Crippen molar-refractivity contribution in [2.24, 2.45) is 0 Å². The molecule has 1 aromatic rings. The molecule has 0 bridgehead atoms. The lowest BCUT2D eigenvalue weighted by molar-refractivity contribution is -0.121. The second-order valence-corrected chi connectivity index (χ2v) is 4.91. The largest absolute Gasteiger partial charge is 0.374 e. The molecule has 1 atom stereocenters. The Balaban J connectivity index is 2.35. The van der Waals surface area contributed by atoms with E-state index in [2.05, 4.69) is 36.6 Å². The third-order valence-corrected chi connectivity index (χ3v) is 3.22. The number of rotatable bonds is 8. The molecule has 0 heterocycles. The third kappa shape index (κ3) is 5.77. The minimum Gasteiger partial charge on any atom is -0.374 e. The van der Waals surface area contributed by atoms with Crippen LogP contribution < -0.4 is 10.6 Å².